The zero-order valence-corrected chi connectivity index (χ0v) is 20.4. The van der Waals surface area contributed by atoms with Crippen LogP contribution < -0.4 is 27.7 Å². The SMILES string of the molecule is Cc1c(NC(=O)c2ccc(N)cc2N)cccc1-c1cn(C)c(=O)c(Nc2ccc3ncsc3c2)n1. The number of rotatable bonds is 5. The van der Waals surface area contributed by atoms with Gasteiger partial charge in [-0.25, -0.2) is 9.97 Å². The smallest absolute Gasteiger partial charge is 0.293 e. The Hall–Kier alpha value is -4.70. The number of carbonyl (C=O) groups excluding carboxylic acids is 1. The van der Waals surface area contributed by atoms with Crippen LogP contribution in [0.4, 0.5) is 28.6 Å². The van der Waals surface area contributed by atoms with Gasteiger partial charge in [0.1, 0.15) is 0 Å². The Kier molecular flexibility index (Phi) is 5.87. The number of nitrogens with one attached hydrogen (secondary N) is 2. The molecular weight excluding hydrogens is 474 g/mol. The molecule has 0 bridgehead atoms. The number of aryl methyl sites for hydroxylation is 1. The zero-order valence-electron chi connectivity index (χ0n) is 19.6. The third kappa shape index (κ3) is 4.37. The fourth-order valence-corrected chi connectivity index (χ4v) is 4.63. The van der Waals surface area contributed by atoms with Crippen LogP contribution in [0.1, 0.15) is 15.9 Å². The van der Waals surface area contributed by atoms with Crippen molar-refractivity contribution in [1.29, 1.82) is 0 Å². The summed E-state index contributed by atoms with van der Waals surface area (Å²) in [6.45, 7) is 1.88. The molecule has 9 nitrogen and oxygen atoms in total. The maximum atomic E-state index is 12.9. The van der Waals surface area contributed by atoms with E-state index in [1.54, 1.807) is 43.0 Å². The fraction of sp³-hybridized carbons (Fsp3) is 0.0769. The molecule has 36 heavy (non-hydrogen) atoms. The van der Waals surface area contributed by atoms with Gasteiger partial charge in [-0.15, -0.1) is 11.3 Å². The quantitative estimate of drug-likeness (QED) is 0.262. The Morgan fingerprint density at radius 1 is 1.08 bits per heavy atom. The van der Waals surface area contributed by atoms with E-state index in [1.165, 1.54) is 15.9 Å². The molecule has 5 aromatic rings. The van der Waals surface area contributed by atoms with Crippen LogP contribution in [-0.4, -0.2) is 20.4 Å². The minimum atomic E-state index is -0.345. The summed E-state index contributed by atoms with van der Waals surface area (Å²) in [6, 6.07) is 16.0. The second-order valence-electron chi connectivity index (χ2n) is 8.33. The van der Waals surface area contributed by atoms with Crippen LogP contribution >= 0.6 is 11.3 Å². The van der Waals surface area contributed by atoms with E-state index in [0.717, 1.165) is 27.0 Å². The van der Waals surface area contributed by atoms with Crippen LogP contribution in [0.5, 0.6) is 0 Å². The van der Waals surface area contributed by atoms with E-state index >= 15 is 0 Å². The van der Waals surface area contributed by atoms with Crippen molar-refractivity contribution in [2.75, 3.05) is 22.1 Å². The van der Waals surface area contributed by atoms with Gasteiger partial charge < -0.3 is 26.7 Å². The normalized spacial score (nSPS) is 10.9. The number of amides is 1. The van der Waals surface area contributed by atoms with Gasteiger partial charge in [-0.05, 0) is 55.0 Å². The molecule has 0 atom stereocenters. The molecule has 10 heteroatoms. The zero-order chi connectivity index (χ0) is 25.4. The first-order chi connectivity index (χ1) is 17.3. The Balaban J connectivity index is 1.48. The van der Waals surface area contributed by atoms with E-state index < -0.39 is 0 Å². The number of aromatic nitrogens is 3. The van der Waals surface area contributed by atoms with E-state index in [4.69, 9.17) is 11.5 Å². The molecule has 180 valence electrons. The van der Waals surface area contributed by atoms with E-state index in [-0.39, 0.29) is 17.3 Å². The number of hydrogen-bond donors (Lipinski definition) is 4. The molecule has 0 unspecified atom stereocenters. The van der Waals surface area contributed by atoms with Crippen molar-refractivity contribution in [3.8, 4) is 11.3 Å². The largest absolute Gasteiger partial charge is 0.399 e. The maximum Gasteiger partial charge on any atom is 0.293 e. The number of anilines is 5. The summed E-state index contributed by atoms with van der Waals surface area (Å²) in [5, 5.41) is 6.06. The number of fused-ring (bicyclic) bond motifs is 1. The third-order valence-electron chi connectivity index (χ3n) is 5.84. The summed E-state index contributed by atoms with van der Waals surface area (Å²) in [6.07, 6.45) is 1.67. The molecule has 5 rings (SSSR count). The Bertz CT molecular complexity index is 1690. The predicted octanol–water partition coefficient (Wildman–Crippen LogP) is 4.53. The molecule has 0 aliphatic heterocycles. The molecule has 3 aromatic carbocycles. The highest BCUT2D eigenvalue weighted by Gasteiger charge is 2.16. The molecule has 2 aromatic heterocycles. The van der Waals surface area contributed by atoms with Gasteiger partial charge in [0.05, 0.1) is 27.0 Å². The summed E-state index contributed by atoms with van der Waals surface area (Å²) >= 11 is 1.52. The first-order valence-electron chi connectivity index (χ1n) is 11.0. The molecule has 0 spiro atoms. The van der Waals surface area contributed by atoms with Crippen molar-refractivity contribution >= 4 is 56.0 Å². The van der Waals surface area contributed by atoms with Crippen molar-refractivity contribution in [3.05, 3.63) is 87.8 Å². The molecule has 0 saturated carbocycles. The van der Waals surface area contributed by atoms with Crippen LogP contribution in [0.25, 0.3) is 21.5 Å². The maximum absolute atomic E-state index is 12.9. The topological polar surface area (TPSA) is 141 Å². The number of benzene rings is 3. The van der Waals surface area contributed by atoms with Gasteiger partial charge in [0.2, 0.25) is 0 Å². The number of nitrogen functional groups attached to an aromatic ring is 2. The Labute approximate surface area is 210 Å². The average molecular weight is 498 g/mol. The summed E-state index contributed by atoms with van der Waals surface area (Å²) in [7, 11) is 1.68. The van der Waals surface area contributed by atoms with Crippen molar-refractivity contribution in [3.63, 3.8) is 0 Å². The predicted molar refractivity (Wildman–Crippen MR) is 146 cm³/mol. The number of carbonyl (C=O) groups is 1. The van der Waals surface area contributed by atoms with Gasteiger partial charge in [-0.1, -0.05) is 12.1 Å². The monoisotopic (exact) mass is 497 g/mol. The Morgan fingerprint density at radius 2 is 1.92 bits per heavy atom. The van der Waals surface area contributed by atoms with E-state index in [0.29, 0.717) is 28.3 Å². The molecule has 0 aliphatic carbocycles. The lowest BCUT2D eigenvalue weighted by molar-refractivity contribution is 0.102. The molecule has 0 fully saturated rings. The van der Waals surface area contributed by atoms with Crippen molar-refractivity contribution < 1.29 is 4.79 Å². The number of hydrogen-bond acceptors (Lipinski definition) is 8. The van der Waals surface area contributed by atoms with E-state index in [1.807, 2.05) is 37.3 Å². The molecule has 0 radical (unpaired) electrons. The summed E-state index contributed by atoms with van der Waals surface area (Å²) in [5.41, 5.74) is 18.8. The van der Waals surface area contributed by atoms with Gasteiger partial charge in [-0.3, -0.25) is 9.59 Å². The lowest BCUT2D eigenvalue weighted by Gasteiger charge is -2.15. The first kappa shape index (κ1) is 23.1. The van der Waals surface area contributed by atoms with Crippen molar-refractivity contribution in [2.45, 2.75) is 6.92 Å². The lowest BCUT2D eigenvalue weighted by atomic mass is 10.0. The van der Waals surface area contributed by atoms with Crippen molar-refractivity contribution in [1.82, 2.24) is 14.5 Å². The van der Waals surface area contributed by atoms with Crippen LogP contribution in [0.2, 0.25) is 0 Å². The minimum absolute atomic E-state index is 0.197. The summed E-state index contributed by atoms with van der Waals surface area (Å²) in [4.78, 5) is 34.6. The summed E-state index contributed by atoms with van der Waals surface area (Å²) < 4.78 is 2.49. The number of thiazole rings is 1. The van der Waals surface area contributed by atoms with E-state index in [2.05, 4.69) is 20.6 Å². The van der Waals surface area contributed by atoms with Crippen LogP contribution in [0.3, 0.4) is 0 Å². The van der Waals surface area contributed by atoms with E-state index in [9.17, 15) is 9.59 Å². The highest BCUT2D eigenvalue weighted by atomic mass is 32.1. The summed E-state index contributed by atoms with van der Waals surface area (Å²) in [5.74, 6) is -0.149. The minimum Gasteiger partial charge on any atom is -0.399 e. The standard InChI is InChI=1S/C26H23N7O2S/c1-14-17(4-3-5-20(14)32-25(34)18-8-6-15(27)10-19(18)28)22-12-33(2)26(35)24(31-22)30-16-7-9-21-23(11-16)36-13-29-21/h3-13H,27-28H2,1-2H3,(H,30,31)(H,32,34). The second-order valence-corrected chi connectivity index (χ2v) is 9.22. The van der Waals surface area contributed by atoms with Crippen molar-refractivity contribution in [2.24, 2.45) is 7.05 Å². The molecule has 0 saturated heterocycles. The molecule has 0 aliphatic rings. The van der Waals surface area contributed by atoms with Gasteiger partial charge in [0.15, 0.2) is 5.82 Å². The first-order valence-corrected chi connectivity index (χ1v) is 11.9. The lowest BCUT2D eigenvalue weighted by Crippen LogP contribution is -2.21. The fourth-order valence-electron chi connectivity index (χ4n) is 3.91. The van der Waals surface area contributed by atoms with Gasteiger partial charge in [0.25, 0.3) is 11.5 Å². The molecule has 2 heterocycles. The van der Waals surface area contributed by atoms with Gasteiger partial charge in [0, 0.05) is 41.6 Å². The van der Waals surface area contributed by atoms with Crippen LogP contribution in [0, 0.1) is 6.92 Å². The number of nitrogens with zero attached hydrogens (tertiary/aromatic N) is 3. The van der Waals surface area contributed by atoms with Gasteiger partial charge in [-0.2, -0.15) is 0 Å². The molecule has 1 amide bonds. The second kappa shape index (κ2) is 9.16. The highest BCUT2D eigenvalue weighted by molar-refractivity contribution is 7.16. The highest BCUT2D eigenvalue weighted by Crippen LogP contribution is 2.29. The van der Waals surface area contributed by atoms with Crippen LogP contribution in [0.15, 0.2) is 71.1 Å². The molecular formula is C26H23N7O2S. The average Bonchev–Trinajstić information content (AvgIpc) is 3.31. The van der Waals surface area contributed by atoms with Gasteiger partial charge >= 0.3 is 0 Å². The Morgan fingerprint density at radius 3 is 2.72 bits per heavy atom. The molecule has 6 N–H and O–H groups in total. The van der Waals surface area contributed by atoms with Crippen LogP contribution in [-0.2, 0) is 7.05 Å². The third-order valence-corrected chi connectivity index (χ3v) is 6.64. The number of nitrogens with two attached hydrogens (primary N) is 2.